The van der Waals surface area contributed by atoms with Gasteiger partial charge in [-0.15, -0.1) is 11.8 Å². The molecule has 4 nitrogen and oxygen atoms in total. The number of carboxylic acids is 1. The van der Waals surface area contributed by atoms with Gasteiger partial charge in [0.05, 0.1) is 0 Å². The van der Waals surface area contributed by atoms with Crippen LogP contribution in [-0.4, -0.2) is 15.8 Å². The fourth-order valence-corrected chi connectivity index (χ4v) is 3.45. The molecule has 0 aliphatic rings. The molecule has 5 heteroatoms. The van der Waals surface area contributed by atoms with Crippen LogP contribution < -0.4 is 4.74 Å². The number of aliphatic carboxylic acids is 1. The van der Waals surface area contributed by atoms with Gasteiger partial charge in [-0.25, -0.2) is 0 Å². The van der Waals surface area contributed by atoms with Gasteiger partial charge in [0.15, 0.2) is 0 Å². The van der Waals surface area contributed by atoms with Gasteiger partial charge in [0.1, 0.15) is 28.6 Å². The van der Waals surface area contributed by atoms with Crippen molar-refractivity contribution in [3.8, 4) is 17.1 Å². The Morgan fingerprint density at radius 3 is 2.57 bits per heavy atom. The van der Waals surface area contributed by atoms with E-state index in [1.165, 1.54) is 11.8 Å². The smallest absolute Gasteiger partial charge is 0.319 e. The molecule has 1 N–H and O–H groups in total. The first-order valence-corrected chi connectivity index (χ1v) is 10.1. The summed E-state index contributed by atoms with van der Waals surface area (Å²) in [5.41, 5.74) is 3.08. The van der Waals surface area contributed by atoms with Crippen molar-refractivity contribution in [1.82, 2.24) is 0 Å². The lowest BCUT2D eigenvalue weighted by Crippen LogP contribution is -2.27. The molecule has 0 saturated heterocycles. The highest BCUT2D eigenvalue weighted by Gasteiger charge is 2.27. The first-order valence-electron chi connectivity index (χ1n) is 9.09. The molecule has 0 radical (unpaired) electrons. The number of hydrogen-bond acceptors (Lipinski definition) is 4. The molecule has 146 valence electrons. The third-order valence-corrected chi connectivity index (χ3v) is 5.86. The zero-order valence-electron chi connectivity index (χ0n) is 16.3. The highest BCUT2D eigenvalue weighted by Crippen LogP contribution is 2.30. The number of rotatable bonds is 8. The second kappa shape index (κ2) is 8.57. The summed E-state index contributed by atoms with van der Waals surface area (Å²) >= 11 is 1.40. The average molecular weight is 397 g/mol. The number of hydrogen-bond donors (Lipinski definition) is 1. The second-order valence-electron chi connectivity index (χ2n) is 7.10. The summed E-state index contributed by atoms with van der Waals surface area (Å²) < 4.78 is 11.0. The van der Waals surface area contributed by atoms with Crippen LogP contribution in [0.5, 0.6) is 5.75 Å². The van der Waals surface area contributed by atoms with Gasteiger partial charge in [0, 0.05) is 16.9 Å². The third-order valence-electron chi connectivity index (χ3n) is 4.49. The summed E-state index contributed by atoms with van der Waals surface area (Å²) in [7, 11) is 0. The number of benzene rings is 2. The lowest BCUT2D eigenvalue weighted by molar-refractivity contribution is -0.138. The van der Waals surface area contributed by atoms with Gasteiger partial charge in [-0.3, -0.25) is 4.79 Å². The summed E-state index contributed by atoms with van der Waals surface area (Å²) in [5, 5.41) is 9.24. The van der Waals surface area contributed by atoms with Crippen LogP contribution in [0.2, 0.25) is 0 Å². The third kappa shape index (κ3) is 4.98. The Bertz CT molecular complexity index is 944. The maximum absolute atomic E-state index is 11.3. The van der Waals surface area contributed by atoms with Gasteiger partial charge in [-0.1, -0.05) is 42.5 Å². The normalized spacial score (nSPS) is 11.4. The fourth-order valence-electron chi connectivity index (χ4n) is 2.62. The predicted octanol–water partition coefficient (Wildman–Crippen LogP) is 5.93. The van der Waals surface area contributed by atoms with Gasteiger partial charge in [-0.05, 0) is 44.5 Å². The Balaban J connectivity index is 1.64. The largest absolute Gasteiger partial charge is 0.489 e. The van der Waals surface area contributed by atoms with Crippen molar-refractivity contribution >= 4 is 17.7 Å². The monoisotopic (exact) mass is 396 g/mol. The molecule has 3 aromatic rings. The molecule has 0 saturated carbocycles. The standard InChI is InChI=1S/C23H24O4S/c1-16-19(13-21(27-16)18-9-5-4-6-10-18)14-26-20-11-7-8-17(12-20)15-28-23(2,3)22(24)25/h4-13H,14-15H2,1-3H3,(H,24,25). The van der Waals surface area contributed by atoms with E-state index in [-0.39, 0.29) is 0 Å². The van der Waals surface area contributed by atoms with E-state index in [0.29, 0.717) is 12.4 Å². The molecule has 0 fully saturated rings. The number of carboxylic acid groups (broad SMARTS) is 1. The van der Waals surface area contributed by atoms with Crippen molar-refractivity contribution in [2.75, 3.05) is 0 Å². The minimum Gasteiger partial charge on any atom is -0.489 e. The van der Waals surface area contributed by atoms with Crippen LogP contribution in [0.3, 0.4) is 0 Å². The molecule has 0 spiro atoms. The quantitative estimate of drug-likeness (QED) is 0.511. The number of aryl methyl sites for hydroxylation is 1. The molecule has 0 atom stereocenters. The van der Waals surface area contributed by atoms with Gasteiger partial charge in [0.25, 0.3) is 0 Å². The molecule has 0 aliphatic carbocycles. The van der Waals surface area contributed by atoms with Crippen molar-refractivity contribution in [2.45, 2.75) is 37.9 Å². The number of thioether (sulfide) groups is 1. The summed E-state index contributed by atoms with van der Waals surface area (Å²) in [6.07, 6.45) is 0. The Morgan fingerprint density at radius 2 is 1.86 bits per heavy atom. The maximum Gasteiger partial charge on any atom is 0.319 e. The zero-order valence-corrected chi connectivity index (χ0v) is 17.1. The topological polar surface area (TPSA) is 59.7 Å². The van der Waals surface area contributed by atoms with Crippen LogP contribution in [0.25, 0.3) is 11.3 Å². The molecular weight excluding hydrogens is 372 g/mol. The van der Waals surface area contributed by atoms with E-state index in [0.717, 1.165) is 34.0 Å². The Kier molecular flexibility index (Phi) is 6.15. The predicted molar refractivity (Wildman–Crippen MR) is 113 cm³/mol. The second-order valence-corrected chi connectivity index (χ2v) is 8.70. The number of carbonyl (C=O) groups is 1. The van der Waals surface area contributed by atoms with E-state index in [1.807, 2.05) is 67.6 Å². The first-order chi connectivity index (χ1) is 13.3. The Hall–Kier alpha value is -2.66. The Morgan fingerprint density at radius 1 is 1.11 bits per heavy atom. The van der Waals surface area contributed by atoms with E-state index in [2.05, 4.69) is 0 Å². The van der Waals surface area contributed by atoms with Gasteiger partial charge >= 0.3 is 5.97 Å². The fraction of sp³-hybridized carbons (Fsp3) is 0.261. The van der Waals surface area contributed by atoms with Crippen molar-refractivity contribution in [2.24, 2.45) is 0 Å². The lowest BCUT2D eigenvalue weighted by atomic mass is 10.1. The van der Waals surface area contributed by atoms with Gasteiger partial charge < -0.3 is 14.3 Å². The SMILES string of the molecule is Cc1oc(-c2ccccc2)cc1COc1cccc(CSC(C)(C)C(=O)O)c1. The van der Waals surface area contributed by atoms with Crippen molar-refractivity contribution < 1.29 is 19.1 Å². The molecule has 0 unspecified atom stereocenters. The number of furan rings is 1. The molecule has 2 aromatic carbocycles. The maximum atomic E-state index is 11.3. The highest BCUT2D eigenvalue weighted by atomic mass is 32.2. The average Bonchev–Trinajstić information content (AvgIpc) is 3.06. The molecule has 0 amide bonds. The van der Waals surface area contributed by atoms with E-state index in [4.69, 9.17) is 9.15 Å². The van der Waals surface area contributed by atoms with Crippen molar-refractivity contribution in [1.29, 1.82) is 0 Å². The summed E-state index contributed by atoms with van der Waals surface area (Å²) in [6.45, 7) is 5.78. The minimum atomic E-state index is -0.821. The molecule has 28 heavy (non-hydrogen) atoms. The van der Waals surface area contributed by atoms with Gasteiger partial charge in [0.2, 0.25) is 0 Å². The molecule has 1 heterocycles. The first kappa shape index (κ1) is 20.1. The minimum absolute atomic E-state index is 0.416. The van der Waals surface area contributed by atoms with Crippen LogP contribution in [0.4, 0.5) is 0 Å². The van der Waals surface area contributed by atoms with Crippen LogP contribution in [0, 0.1) is 6.92 Å². The molecular formula is C23H24O4S. The number of ether oxygens (including phenoxy) is 1. The zero-order chi connectivity index (χ0) is 20.1. The van der Waals surface area contributed by atoms with E-state index >= 15 is 0 Å². The molecule has 0 bridgehead atoms. The Labute approximate surface area is 169 Å². The lowest BCUT2D eigenvalue weighted by Gasteiger charge is -2.18. The summed E-state index contributed by atoms with van der Waals surface area (Å²) in [6, 6.07) is 19.8. The van der Waals surface area contributed by atoms with E-state index in [9.17, 15) is 9.90 Å². The molecule has 3 rings (SSSR count). The van der Waals surface area contributed by atoms with Crippen molar-refractivity contribution in [3.05, 3.63) is 77.6 Å². The summed E-state index contributed by atoms with van der Waals surface area (Å²) in [4.78, 5) is 11.3. The van der Waals surface area contributed by atoms with Crippen LogP contribution in [0.15, 0.2) is 65.1 Å². The highest BCUT2D eigenvalue weighted by molar-refractivity contribution is 8.00. The van der Waals surface area contributed by atoms with E-state index in [1.54, 1.807) is 13.8 Å². The molecule has 1 aromatic heterocycles. The van der Waals surface area contributed by atoms with Crippen LogP contribution >= 0.6 is 11.8 Å². The summed E-state index contributed by atoms with van der Waals surface area (Å²) in [5.74, 6) is 2.23. The van der Waals surface area contributed by atoms with E-state index < -0.39 is 10.7 Å². The van der Waals surface area contributed by atoms with Crippen LogP contribution in [0.1, 0.15) is 30.7 Å². The molecule has 0 aliphatic heterocycles. The van der Waals surface area contributed by atoms with Crippen LogP contribution in [-0.2, 0) is 17.2 Å². The van der Waals surface area contributed by atoms with Gasteiger partial charge in [-0.2, -0.15) is 0 Å². The van der Waals surface area contributed by atoms with Crippen molar-refractivity contribution in [3.63, 3.8) is 0 Å².